The van der Waals surface area contributed by atoms with E-state index in [0.29, 0.717) is 11.3 Å². The van der Waals surface area contributed by atoms with Gasteiger partial charge in [-0.2, -0.15) is 8.78 Å². The fraction of sp³-hybridized carbons (Fsp3) is 0.650. The van der Waals surface area contributed by atoms with E-state index < -0.39 is 25.0 Å². The van der Waals surface area contributed by atoms with E-state index in [1.54, 1.807) is 31.2 Å². The molecule has 0 saturated carbocycles. The summed E-state index contributed by atoms with van der Waals surface area (Å²) in [6.07, 6.45) is 0.329. The summed E-state index contributed by atoms with van der Waals surface area (Å²) < 4.78 is 54.8. The molecule has 1 aliphatic rings. The molecule has 2 atom stereocenters. The van der Waals surface area contributed by atoms with Crippen molar-refractivity contribution in [3.05, 3.63) is 29.8 Å². The maximum Gasteiger partial charge on any atom is 0.330 e. The first-order chi connectivity index (χ1) is 13.2. The van der Waals surface area contributed by atoms with E-state index >= 15 is 0 Å². The molecule has 0 aliphatic carbocycles. The first-order valence-electron chi connectivity index (χ1n) is 9.64. The molecule has 8 heteroatoms. The average Bonchev–Trinajstić information content (AvgIpc) is 2.67. The molecule has 2 unspecified atom stereocenters. The lowest BCUT2D eigenvalue weighted by Crippen LogP contribution is -2.49. The maximum atomic E-state index is 12.9. The van der Waals surface area contributed by atoms with Gasteiger partial charge in [0.05, 0.1) is 6.61 Å². The van der Waals surface area contributed by atoms with Crippen LogP contribution >= 0.6 is 0 Å². The van der Waals surface area contributed by atoms with E-state index in [0.717, 1.165) is 32.2 Å². The fourth-order valence-corrected chi connectivity index (χ4v) is 3.39. The SMILES string of the molecule is CCC1CCCCN1C(=O)C(C)Nc1cccc(COCC(F)(F)C(F)F)c1. The van der Waals surface area contributed by atoms with Gasteiger partial charge in [-0.3, -0.25) is 4.79 Å². The molecule has 158 valence electrons. The van der Waals surface area contributed by atoms with Gasteiger partial charge in [-0.1, -0.05) is 19.1 Å². The molecule has 0 spiro atoms. The molecule has 1 fully saturated rings. The van der Waals surface area contributed by atoms with Crippen LogP contribution in [0.2, 0.25) is 0 Å². The molecule has 1 N–H and O–H groups in total. The molecular formula is C20H28F4N2O2. The highest BCUT2D eigenvalue weighted by atomic mass is 19.3. The summed E-state index contributed by atoms with van der Waals surface area (Å²) in [7, 11) is 0. The summed E-state index contributed by atoms with van der Waals surface area (Å²) in [5.41, 5.74) is 1.20. The Morgan fingerprint density at radius 3 is 2.79 bits per heavy atom. The molecule has 1 saturated heterocycles. The Hall–Kier alpha value is -1.83. The number of halogens is 4. The van der Waals surface area contributed by atoms with Gasteiger partial charge in [0.1, 0.15) is 12.6 Å². The largest absolute Gasteiger partial charge is 0.374 e. The van der Waals surface area contributed by atoms with E-state index in [4.69, 9.17) is 4.74 Å². The zero-order chi connectivity index (χ0) is 20.7. The quantitative estimate of drug-likeness (QED) is 0.607. The second-order valence-electron chi connectivity index (χ2n) is 7.21. The monoisotopic (exact) mass is 404 g/mol. The Bertz CT molecular complexity index is 642. The zero-order valence-electron chi connectivity index (χ0n) is 16.3. The molecule has 1 aromatic carbocycles. The number of hydrogen-bond donors (Lipinski definition) is 1. The molecule has 0 bridgehead atoms. The molecule has 4 nitrogen and oxygen atoms in total. The number of carbonyl (C=O) groups is 1. The summed E-state index contributed by atoms with van der Waals surface area (Å²) in [6.45, 7) is 3.07. The van der Waals surface area contributed by atoms with E-state index in [2.05, 4.69) is 12.2 Å². The van der Waals surface area contributed by atoms with Crippen LogP contribution in [0.25, 0.3) is 0 Å². The minimum atomic E-state index is -4.17. The predicted molar refractivity (Wildman–Crippen MR) is 99.8 cm³/mol. The predicted octanol–water partition coefficient (Wildman–Crippen LogP) is 4.70. The number of piperidine rings is 1. The van der Waals surface area contributed by atoms with E-state index in [1.807, 2.05) is 4.90 Å². The first-order valence-corrected chi connectivity index (χ1v) is 9.64. The molecule has 28 heavy (non-hydrogen) atoms. The Morgan fingerprint density at radius 2 is 2.11 bits per heavy atom. The van der Waals surface area contributed by atoms with Gasteiger partial charge in [0.25, 0.3) is 0 Å². The van der Waals surface area contributed by atoms with Gasteiger partial charge in [-0.15, -0.1) is 0 Å². The first kappa shape index (κ1) is 22.5. The Balaban J connectivity index is 1.91. The molecule has 0 aromatic heterocycles. The number of anilines is 1. The molecule has 1 aromatic rings. The minimum absolute atomic E-state index is 0.0322. The third-order valence-corrected chi connectivity index (χ3v) is 4.94. The lowest BCUT2D eigenvalue weighted by molar-refractivity contribution is -0.168. The Labute approximate surface area is 163 Å². The third kappa shape index (κ3) is 6.09. The second kappa shape index (κ2) is 10.1. The lowest BCUT2D eigenvalue weighted by Gasteiger charge is -2.37. The summed E-state index contributed by atoms with van der Waals surface area (Å²) >= 11 is 0. The number of carbonyl (C=O) groups excluding carboxylic acids is 1. The van der Waals surface area contributed by atoms with Crippen LogP contribution in [0.15, 0.2) is 24.3 Å². The number of nitrogens with one attached hydrogen (secondary N) is 1. The van der Waals surface area contributed by atoms with Crippen molar-refractivity contribution in [3.8, 4) is 0 Å². The van der Waals surface area contributed by atoms with Gasteiger partial charge in [-0.25, -0.2) is 8.78 Å². The molecule has 1 aliphatic heterocycles. The molecular weight excluding hydrogens is 376 g/mol. The van der Waals surface area contributed by atoms with Crippen LogP contribution in [0.4, 0.5) is 23.2 Å². The number of benzene rings is 1. The number of rotatable bonds is 9. The van der Waals surface area contributed by atoms with Crippen LogP contribution in [0, 0.1) is 0 Å². The van der Waals surface area contributed by atoms with Crippen LogP contribution in [0.3, 0.4) is 0 Å². The number of ether oxygens (including phenoxy) is 1. The smallest absolute Gasteiger partial charge is 0.330 e. The Morgan fingerprint density at radius 1 is 1.36 bits per heavy atom. The number of alkyl halides is 4. The van der Waals surface area contributed by atoms with Crippen molar-refractivity contribution in [2.24, 2.45) is 0 Å². The molecule has 2 rings (SSSR count). The standard InChI is InChI=1S/C20H28F4N2O2/c1-3-17-9-4-5-10-26(17)18(27)14(2)25-16-8-6-7-15(11-16)12-28-13-20(23,24)19(21)22/h6-8,11,14,17,19,25H,3-5,9-10,12-13H2,1-2H3. The molecule has 1 amide bonds. The van der Waals surface area contributed by atoms with Crippen molar-refractivity contribution in [2.75, 3.05) is 18.5 Å². The summed E-state index contributed by atoms with van der Waals surface area (Å²) in [4.78, 5) is 14.7. The molecule has 1 heterocycles. The topological polar surface area (TPSA) is 41.6 Å². The summed E-state index contributed by atoms with van der Waals surface area (Å²) in [5, 5.41) is 3.13. The van der Waals surface area contributed by atoms with Crippen LogP contribution in [0.5, 0.6) is 0 Å². The fourth-order valence-electron chi connectivity index (χ4n) is 3.39. The Kier molecular flexibility index (Phi) is 8.10. The third-order valence-electron chi connectivity index (χ3n) is 4.94. The van der Waals surface area contributed by atoms with Crippen molar-refractivity contribution in [1.82, 2.24) is 4.90 Å². The summed E-state index contributed by atoms with van der Waals surface area (Å²) in [5.74, 6) is -4.13. The van der Waals surface area contributed by atoms with Crippen molar-refractivity contribution in [2.45, 2.75) is 70.6 Å². The number of nitrogens with zero attached hydrogens (tertiary/aromatic N) is 1. The van der Waals surface area contributed by atoms with Crippen LogP contribution in [0.1, 0.15) is 45.1 Å². The van der Waals surface area contributed by atoms with Gasteiger partial charge in [0.2, 0.25) is 5.91 Å². The maximum absolute atomic E-state index is 12.9. The lowest BCUT2D eigenvalue weighted by atomic mass is 9.99. The normalized spacial score (nSPS) is 19.0. The van der Waals surface area contributed by atoms with Crippen molar-refractivity contribution < 1.29 is 27.1 Å². The summed E-state index contributed by atoms with van der Waals surface area (Å²) in [6, 6.07) is 6.59. The van der Waals surface area contributed by atoms with Crippen LogP contribution < -0.4 is 5.32 Å². The van der Waals surface area contributed by atoms with E-state index in [9.17, 15) is 22.4 Å². The zero-order valence-corrected chi connectivity index (χ0v) is 16.3. The number of amides is 1. The van der Waals surface area contributed by atoms with Gasteiger partial charge >= 0.3 is 12.3 Å². The number of likely N-dealkylation sites (tertiary alicyclic amines) is 1. The van der Waals surface area contributed by atoms with E-state index in [1.165, 1.54) is 0 Å². The van der Waals surface area contributed by atoms with Crippen molar-refractivity contribution >= 4 is 11.6 Å². The number of hydrogen-bond acceptors (Lipinski definition) is 3. The van der Waals surface area contributed by atoms with Crippen molar-refractivity contribution in [3.63, 3.8) is 0 Å². The van der Waals surface area contributed by atoms with Crippen LogP contribution in [-0.4, -0.2) is 48.4 Å². The second-order valence-corrected chi connectivity index (χ2v) is 7.21. The van der Waals surface area contributed by atoms with Gasteiger partial charge < -0.3 is 15.0 Å². The highest BCUT2D eigenvalue weighted by molar-refractivity contribution is 5.84. The highest BCUT2D eigenvalue weighted by Gasteiger charge is 2.40. The average molecular weight is 404 g/mol. The highest BCUT2D eigenvalue weighted by Crippen LogP contribution is 2.24. The van der Waals surface area contributed by atoms with Gasteiger partial charge in [0.15, 0.2) is 0 Å². The minimum Gasteiger partial charge on any atom is -0.374 e. The van der Waals surface area contributed by atoms with Crippen LogP contribution in [-0.2, 0) is 16.1 Å². The van der Waals surface area contributed by atoms with Gasteiger partial charge in [-0.05, 0) is 50.3 Å². The molecule has 0 radical (unpaired) electrons. The van der Waals surface area contributed by atoms with Gasteiger partial charge in [0, 0.05) is 18.3 Å². The van der Waals surface area contributed by atoms with E-state index in [-0.39, 0.29) is 18.6 Å². The van der Waals surface area contributed by atoms with Crippen molar-refractivity contribution in [1.29, 1.82) is 0 Å².